The summed E-state index contributed by atoms with van der Waals surface area (Å²) in [6.45, 7) is 0. The van der Waals surface area contributed by atoms with Crippen molar-refractivity contribution < 1.29 is 13.2 Å². The zero-order valence-electron chi connectivity index (χ0n) is 19.1. The molecule has 0 saturated heterocycles. The topological polar surface area (TPSA) is 12.9 Å². The molecular formula is C32H20F3N. The van der Waals surface area contributed by atoms with Gasteiger partial charge in [0, 0.05) is 17.1 Å². The van der Waals surface area contributed by atoms with E-state index in [1.54, 1.807) is 0 Å². The standard InChI is InChI=1S/C32H20F3N/c33-32(34,35)30-15-13-22(14-16-30)25-10-12-26-17-24(9-11-27(26)18-25)21-5-7-23(8-6-21)29-19-28-3-1-2-4-31(28)36-20-29/h1-20H. The monoisotopic (exact) mass is 475 g/mol. The fraction of sp³-hybridized carbons (Fsp3) is 0.0312. The van der Waals surface area contributed by atoms with E-state index in [1.165, 1.54) is 12.1 Å². The van der Waals surface area contributed by atoms with Crippen molar-refractivity contribution >= 4 is 21.7 Å². The van der Waals surface area contributed by atoms with Crippen molar-refractivity contribution in [1.29, 1.82) is 0 Å². The summed E-state index contributed by atoms with van der Waals surface area (Å²) in [5, 5.41) is 3.23. The first kappa shape index (κ1) is 22.1. The first-order valence-electron chi connectivity index (χ1n) is 11.6. The molecule has 6 aromatic rings. The molecule has 1 aromatic heterocycles. The number of hydrogen-bond acceptors (Lipinski definition) is 1. The highest BCUT2D eigenvalue weighted by Crippen LogP contribution is 2.33. The van der Waals surface area contributed by atoms with E-state index >= 15 is 0 Å². The Bertz CT molecular complexity index is 1700. The zero-order chi connectivity index (χ0) is 24.7. The van der Waals surface area contributed by atoms with Gasteiger partial charge in [-0.05, 0) is 75.0 Å². The minimum Gasteiger partial charge on any atom is -0.256 e. The normalized spacial score (nSPS) is 11.8. The van der Waals surface area contributed by atoms with Gasteiger partial charge in [-0.2, -0.15) is 13.2 Å². The first-order chi connectivity index (χ1) is 17.4. The summed E-state index contributed by atoms with van der Waals surface area (Å²) in [4.78, 5) is 4.57. The van der Waals surface area contributed by atoms with E-state index in [9.17, 15) is 13.2 Å². The van der Waals surface area contributed by atoms with E-state index in [2.05, 4.69) is 59.6 Å². The summed E-state index contributed by atoms with van der Waals surface area (Å²) >= 11 is 0. The number of alkyl halides is 3. The minimum absolute atomic E-state index is 0.639. The van der Waals surface area contributed by atoms with E-state index in [1.807, 2.05) is 42.6 Å². The second-order valence-corrected chi connectivity index (χ2v) is 8.85. The van der Waals surface area contributed by atoms with E-state index in [-0.39, 0.29) is 0 Å². The second kappa shape index (κ2) is 8.65. The quantitative estimate of drug-likeness (QED) is 0.248. The molecule has 0 spiro atoms. The molecule has 1 nitrogen and oxygen atoms in total. The van der Waals surface area contributed by atoms with Crippen LogP contribution >= 0.6 is 0 Å². The van der Waals surface area contributed by atoms with Gasteiger partial charge in [0.1, 0.15) is 0 Å². The number of benzene rings is 5. The minimum atomic E-state index is -4.33. The predicted octanol–water partition coefficient (Wildman–Crippen LogP) is 9.41. The van der Waals surface area contributed by atoms with Gasteiger partial charge >= 0.3 is 6.18 Å². The Hall–Kier alpha value is -4.44. The van der Waals surface area contributed by atoms with Crippen LogP contribution in [-0.4, -0.2) is 4.98 Å². The van der Waals surface area contributed by atoms with E-state index in [0.29, 0.717) is 0 Å². The van der Waals surface area contributed by atoms with Crippen LogP contribution in [0.25, 0.3) is 55.1 Å². The molecule has 4 heteroatoms. The summed E-state index contributed by atoms with van der Waals surface area (Å²) < 4.78 is 38.6. The lowest BCUT2D eigenvalue weighted by Gasteiger charge is -2.10. The van der Waals surface area contributed by atoms with Crippen molar-refractivity contribution in [3.63, 3.8) is 0 Å². The highest BCUT2D eigenvalue weighted by molar-refractivity contribution is 5.91. The summed E-state index contributed by atoms with van der Waals surface area (Å²) in [6, 6.07) is 36.2. The van der Waals surface area contributed by atoms with Crippen molar-refractivity contribution in [3.8, 4) is 33.4 Å². The van der Waals surface area contributed by atoms with Gasteiger partial charge in [-0.15, -0.1) is 0 Å². The average molecular weight is 476 g/mol. The Balaban J connectivity index is 1.27. The molecular weight excluding hydrogens is 455 g/mol. The molecule has 0 radical (unpaired) electrons. The number of pyridine rings is 1. The number of nitrogens with zero attached hydrogens (tertiary/aromatic N) is 1. The van der Waals surface area contributed by atoms with Gasteiger partial charge in [-0.25, -0.2) is 0 Å². The molecule has 0 bridgehead atoms. The molecule has 0 aliphatic carbocycles. The largest absolute Gasteiger partial charge is 0.416 e. The maximum absolute atomic E-state index is 12.9. The van der Waals surface area contributed by atoms with Crippen molar-refractivity contribution in [2.75, 3.05) is 0 Å². The first-order valence-corrected chi connectivity index (χ1v) is 11.6. The van der Waals surface area contributed by atoms with Crippen molar-refractivity contribution in [3.05, 3.63) is 127 Å². The summed E-state index contributed by atoms with van der Waals surface area (Å²) in [5.74, 6) is 0. The Labute approximate surface area is 206 Å². The molecule has 5 aromatic carbocycles. The fourth-order valence-corrected chi connectivity index (χ4v) is 4.54. The molecule has 0 saturated carbocycles. The molecule has 0 aliphatic rings. The third kappa shape index (κ3) is 4.22. The van der Waals surface area contributed by atoms with Crippen LogP contribution in [0.3, 0.4) is 0 Å². The average Bonchev–Trinajstić information content (AvgIpc) is 2.92. The molecule has 0 unspecified atom stereocenters. The Morgan fingerprint density at radius 2 is 0.917 bits per heavy atom. The van der Waals surface area contributed by atoms with Gasteiger partial charge in [0.15, 0.2) is 0 Å². The molecule has 0 amide bonds. The van der Waals surface area contributed by atoms with Crippen LogP contribution in [0.5, 0.6) is 0 Å². The van der Waals surface area contributed by atoms with Crippen molar-refractivity contribution in [2.45, 2.75) is 6.18 Å². The number of halogens is 3. The van der Waals surface area contributed by atoms with Crippen LogP contribution in [0, 0.1) is 0 Å². The third-order valence-electron chi connectivity index (χ3n) is 6.53. The summed E-state index contributed by atoms with van der Waals surface area (Å²) in [6.07, 6.45) is -2.43. The summed E-state index contributed by atoms with van der Waals surface area (Å²) in [7, 11) is 0. The van der Waals surface area contributed by atoms with E-state index in [4.69, 9.17) is 0 Å². The Morgan fingerprint density at radius 3 is 1.50 bits per heavy atom. The number of para-hydroxylation sites is 1. The maximum Gasteiger partial charge on any atom is 0.416 e. The highest BCUT2D eigenvalue weighted by atomic mass is 19.4. The van der Waals surface area contributed by atoms with Crippen molar-refractivity contribution in [1.82, 2.24) is 4.98 Å². The smallest absolute Gasteiger partial charge is 0.256 e. The lowest BCUT2D eigenvalue weighted by Crippen LogP contribution is -2.03. The fourth-order valence-electron chi connectivity index (χ4n) is 4.54. The molecule has 174 valence electrons. The van der Waals surface area contributed by atoms with Crippen LogP contribution in [0.4, 0.5) is 13.2 Å². The zero-order valence-corrected chi connectivity index (χ0v) is 19.1. The second-order valence-electron chi connectivity index (χ2n) is 8.85. The molecule has 0 N–H and O–H groups in total. The maximum atomic E-state index is 12.9. The van der Waals surface area contributed by atoms with Gasteiger partial charge in [0.05, 0.1) is 11.1 Å². The molecule has 0 fully saturated rings. The van der Waals surface area contributed by atoms with Crippen LogP contribution in [0.1, 0.15) is 5.56 Å². The molecule has 6 rings (SSSR count). The number of aromatic nitrogens is 1. The van der Waals surface area contributed by atoms with Gasteiger partial charge in [0.25, 0.3) is 0 Å². The summed E-state index contributed by atoms with van der Waals surface area (Å²) in [5.41, 5.74) is 6.39. The predicted molar refractivity (Wildman–Crippen MR) is 141 cm³/mol. The van der Waals surface area contributed by atoms with Gasteiger partial charge in [-0.1, -0.05) is 78.9 Å². The van der Waals surface area contributed by atoms with E-state index < -0.39 is 11.7 Å². The van der Waals surface area contributed by atoms with Crippen LogP contribution in [0.15, 0.2) is 121 Å². The van der Waals surface area contributed by atoms with Crippen LogP contribution in [-0.2, 0) is 6.18 Å². The molecule has 1 heterocycles. The Kier molecular flexibility index (Phi) is 5.30. The Morgan fingerprint density at radius 1 is 0.444 bits per heavy atom. The van der Waals surface area contributed by atoms with Gasteiger partial charge in [-0.3, -0.25) is 4.98 Å². The van der Waals surface area contributed by atoms with E-state index in [0.717, 1.165) is 67.2 Å². The van der Waals surface area contributed by atoms with Gasteiger partial charge in [0.2, 0.25) is 0 Å². The van der Waals surface area contributed by atoms with Gasteiger partial charge < -0.3 is 0 Å². The SMILES string of the molecule is FC(F)(F)c1ccc(-c2ccc3cc(-c4ccc(-c5cnc6ccccc6c5)cc4)ccc3c2)cc1. The number of hydrogen-bond donors (Lipinski definition) is 0. The number of rotatable bonds is 3. The lowest BCUT2D eigenvalue weighted by molar-refractivity contribution is -0.137. The molecule has 36 heavy (non-hydrogen) atoms. The lowest BCUT2D eigenvalue weighted by atomic mass is 9.96. The third-order valence-corrected chi connectivity index (χ3v) is 6.53. The number of fused-ring (bicyclic) bond motifs is 2. The van der Waals surface area contributed by atoms with Crippen molar-refractivity contribution in [2.24, 2.45) is 0 Å². The molecule has 0 atom stereocenters. The van der Waals surface area contributed by atoms with Crippen LogP contribution < -0.4 is 0 Å². The van der Waals surface area contributed by atoms with Crippen LogP contribution in [0.2, 0.25) is 0 Å². The molecule has 0 aliphatic heterocycles. The highest BCUT2D eigenvalue weighted by Gasteiger charge is 2.29.